The maximum Gasteiger partial charge on any atom is 0.417 e. The van der Waals surface area contributed by atoms with Gasteiger partial charge in [-0.25, -0.2) is 9.59 Å². The van der Waals surface area contributed by atoms with Gasteiger partial charge < -0.3 is 20.4 Å². The summed E-state index contributed by atoms with van der Waals surface area (Å²) in [5.41, 5.74) is 7.53. The molecule has 1 atom stereocenters. The molecule has 1 aliphatic heterocycles. The van der Waals surface area contributed by atoms with E-state index in [9.17, 15) is 9.59 Å². The summed E-state index contributed by atoms with van der Waals surface area (Å²) in [6.07, 6.45) is 0. The van der Waals surface area contributed by atoms with Crippen molar-refractivity contribution in [1.29, 1.82) is 0 Å². The molecule has 0 radical (unpaired) electrons. The van der Waals surface area contributed by atoms with E-state index in [1.807, 2.05) is 12.1 Å². The summed E-state index contributed by atoms with van der Waals surface area (Å²) in [5.74, 6) is -0.479. The number of nitrogens with zero attached hydrogens (tertiary/aromatic N) is 1. The lowest BCUT2D eigenvalue weighted by molar-refractivity contribution is 0.218. The minimum atomic E-state index is -0.479. The summed E-state index contributed by atoms with van der Waals surface area (Å²) in [6.45, 7) is 1.55. The van der Waals surface area contributed by atoms with E-state index in [1.54, 1.807) is 11.0 Å². The normalized spacial score (nSPS) is 19.1. The fraction of sp³-hybridized carbons (Fsp3) is 0.333. The lowest BCUT2D eigenvalue weighted by Gasteiger charge is -2.12. The molecule has 0 spiro atoms. The van der Waals surface area contributed by atoms with Crippen LogP contribution >= 0.6 is 0 Å². The Morgan fingerprint density at radius 3 is 3.05 bits per heavy atom. The highest BCUT2D eigenvalue weighted by molar-refractivity contribution is 5.78. The molecule has 0 saturated carbocycles. The standard InChI is InChI=1S/C12H14N4O3/c13-3-4-16-6-9(14-11(16)17)7-1-2-10-8(5-7)15-12(18)19-10/h1-2,5,9H,3-4,6,13H2,(H,14,17)(H,15,18). The summed E-state index contributed by atoms with van der Waals surface area (Å²) < 4.78 is 4.94. The number of fused-ring (bicyclic) bond motifs is 1. The molecule has 2 aromatic rings. The van der Waals surface area contributed by atoms with Crippen molar-refractivity contribution in [3.8, 4) is 0 Å². The molecule has 1 unspecified atom stereocenters. The summed E-state index contributed by atoms with van der Waals surface area (Å²) in [6, 6.07) is 5.17. The highest BCUT2D eigenvalue weighted by atomic mass is 16.4. The number of hydrogen-bond acceptors (Lipinski definition) is 4. The average molecular weight is 262 g/mol. The molecule has 1 fully saturated rings. The molecule has 0 aliphatic carbocycles. The van der Waals surface area contributed by atoms with Crippen LogP contribution < -0.4 is 16.8 Å². The van der Waals surface area contributed by atoms with Crippen molar-refractivity contribution in [3.63, 3.8) is 0 Å². The molecule has 1 aliphatic rings. The van der Waals surface area contributed by atoms with E-state index in [4.69, 9.17) is 10.2 Å². The first-order valence-corrected chi connectivity index (χ1v) is 6.05. The van der Waals surface area contributed by atoms with Gasteiger partial charge in [0.15, 0.2) is 5.58 Å². The fourth-order valence-electron chi connectivity index (χ4n) is 2.31. The number of amides is 2. The number of nitrogens with two attached hydrogens (primary N) is 1. The van der Waals surface area contributed by atoms with Crippen molar-refractivity contribution in [2.24, 2.45) is 5.73 Å². The monoisotopic (exact) mass is 262 g/mol. The molecule has 19 heavy (non-hydrogen) atoms. The number of hydrogen-bond donors (Lipinski definition) is 3. The van der Waals surface area contributed by atoms with E-state index in [0.29, 0.717) is 30.7 Å². The smallest absolute Gasteiger partial charge is 0.408 e. The molecular weight excluding hydrogens is 248 g/mol. The van der Waals surface area contributed by atoms with Gasteiger partial charge >= 0.3 is 11.8 Å². The third-order valence-corrected chi connectivity index (χ3v) is 3.23. The van der Waals surface area contributed by atoms with Gasteiger partial charge in [0, 0.05) is 19.6 Å². The molecular formula is C12H14N4O3. The number of carbonyl (C=O) groups excluding carboxylic acids is 1. The third kappa shape index (κ3) is 2.08. The van der Waals surface area contributed by atoms with Gasteiger partial charge in [-0.15, -0.1) is 0 Å². The molecule has 1 aromatic heterocycles. The van der Waals surface area contributed by atoms with Crippen molar-refractivity contribution < 1.29 is 9.21 Å². The van der Waals surface area contributed by atoms with Gasteiger partial charge in [-0.2, -0.15) is 0 Å². The Balaban J connectivity index is 1.88. The number of rotatable bonds is 3. The second-order valence-electron chi connectivity index (χ2n) is 4.51. The third-order valence-electron chi connectivity index (χ3n) is 3.23. The van der Waals surface area contributed by atoms with Crippen LogP contribution in [-0.4, -0.2) is 35.5 Å². The quantitative estimate of drug-likeness (QED) is 0.732. The van der Waals surface area contributed by atoms with Crippen LogP contribution in [0.3, 0.4) is 0 Å². The SMILES string of the molecule is NCCN1CC(c2ccc3oc(=O)[nH]c3c2)NC1=O. The van der Waals surface area contributed by atoms with Crippen molar-refractivity contribution in [2.45, 2.75) is 6.04 Å². The zero-order valence-corrected chi connectivity index (χ0v) is 10.2. The molecule has 0 bridgehead atoms. The lowest BCUT2D eigenvalue weighted by atomic mass is 10.1. The van der Waals surface area contributed by atoms with E-state index in [2.05, 4.69) is 10.3 Å². The summed E-state index contributed by atoms with van der Waals surface area (Å²) >= 11 is 0. The van der Waals surface area contributed by atoms with Crippen LogP contribution in [-0.2, 0) is 0 Å². The van der Waals surface area contributed by atoms with Crippen LogP contribution in [0.15, 0.2) is 27.4 Å². The molecule has 2 amide bonds. The first-order valence-electron chi connectivity index (χ1n) is 6.05. The number of benzene rings is 1. The minimum Gasteiger partial charge on any atom is -0.408 e. The first kappa shape index (κ1) is 11.8. The number of oxazole rings is 1. The molecule has 2 heterocycles. The molecule has 7 heteroatoms. The Hall–Kier alpha value is -2.28. The van der Waals surface area contributed by atoms with Crippen LogP contribution in [0, 0.1) is 0 Å². The maximum absolute atomic E-state index is 11.7. The molecule has 1 saturated heterocycles. The fourth-order valence-corrected chi connectivity index (χ4v) is 2.31. The van der Waals surface area contributed by atoms with Crippen LogP contribution in [0.25, 0.3) is 11.1 Å². The topological polar surface area (TPSA) is 104 Å². The van der Waals surface area contributed by atoms with Crippen molar-refractivity contribution in [3.05, 3.63) is 34.3 Å². The maximum atomic E-state index is 11.7. The van der Waals surface area contributed by atoms with Crippen molar-refractivity contribution >= 4 is 17.1 Å². The van der Waals surface area contributed by atoms with Gasteiger partial charge in [-0.1, -0.05) is 6.07 Å². The summed E-state index contributed by atoms with van der Waals surface area (Å²) in [5, 5.41) is 2.89. The number of urea groups is 1. The Bertz CT molecular complexity index is 675. The molecule has 4 N–H and O–H groups in total. The van der Waals surface area contributed by atoms with Crippen molar-refractivity contribution in [1.82, 2.24) is 15.2 Å². The zero-order chi connectivity index (χ0) is 13.4. The highest BCUT2D eigenvalue weighted by Crippen LogP contribution is 2.22. The van der Waals surface area contributed by atoms with Gasteiger partial charge in [-0.3, -0.25) is 4.98 Å². The minimum absolute atomic E-state index is 0.0955. The first-order chi connectivity index (χ1) is 9.17. The largest absolute Gasteiger partial charge is 0.417 e. The van der Waals surface area contributed by atoms with E-state index < -0.39 is 5.76 Å². The predicted molar refractivity (Wildman–Crippen MR) is 68.7 cm³/mol. The van der Waals surface area contributed by atoms with Crippen LogP contribution in [0.1, 0.15) is 11.6 Å². The van der Waals surface area contributed by atoms with Gasteiger partial charge in [0.1, 0.15) is 0 Å². The number of aromatic nitrogens is 1. The highest BCUT2D eigenvalue weighted by Gasteiger charge is 2.29. The van der Waals surface area contributed by atoms with Gasteiger partial charge in [-0.05, 0) is 17.7 Å². The van der Waals surface area contributed by atoms with Crippen molar-refractivity contribution in [2.75, 3.05) is 19.6 Å². The average Bonchev–Trinajstić information content (AvgIpc) is 2.91. The second kappa shape index (κ2) is 4.43. The number of aromatic amines is 1. The number of H-pyrrole nitrogens is 1. The summed E-state index contributed by atoms with van der Waals surface area (Å²) in [4.78, 5) is 27.1. The van der Waals surface area contributed by atoms with E-state index in [0.717, 1.165) is 5.56 Å². The molecule has 7 nitrogen and oxygen atoms in total. The van der Waals surface area contributed by atoms with E-state index in [1.165, 1.54) is 0 Å². The van der Waals surface area contributed by atoms with Gasteiger partial charge in [0.2, 0.25) is 0 Å². The van der Waals surface area contributed by atoms with Crippen LogP contribution in [0.2, 0.25) is 0 Å². The van der Waals surface area contributed by atoms with Gasteiger partial charge in [0.25, 0.3) is 0 Å². The van der Waals surface area contributed by atoms with E-state index in [-0.39, 0.29) is 12.1 Å². The number of nitrogens with one attached hydrogen (secondary N) is 2. The Labute approximate surface area is 108 Å². The predicted octanol–water partition coefficient (Wildman–Crippen LogP) is 0.146. The Kier molecular flexibility index (Phi) is 2.75. The molecule has 3 rings (SSSR count). The molecule has 100 valence electrons. The zero-order valence-electron chi connectivity index (χ0n) is 10.2. The lowest BCUT2D eigenvalue weighted by Crippen LogP contribution is -2.32. The van der Waals surface area contributed by atoms with Crippen LogP contribution in [0.5, 0.6) is 0 Å². The Morgan fingerprint density at radius 1 is 1.42 bits per heavy atom. The van der Waals surface area contributed by atoms with Gasteiger partial charge in [0.05, 0.1) is 11.6 Å². The number of carbonyl (C=O) groups is 1. The second-order valence-corrected chi connectivity index (χ2v) is 4.51. The summed E-state index contributed by atoms with van der Waals surface area (Å²) in [7, 11) is 0. The van der Waals surface area contributed by atoms with Crippen LogP contribution in [0.4, 0.5) is 4.79 Å². The van der Waals surface area contributed by atoms with E-state index >= 15 is 0 Å². The molecule has 1 aromatic carbocycles. The Morgan fingerprint density at radius 2 is 2.26 bits per heavy atom.